The molecule has 2 aliphatic rings. The molecule has 2 saturated heterocycles. The maximum Gasteiger partial charge on any atom is 0.232 e. The molecule has 0 saturated carbocycles. The molecular formula is C27H32N4O2. The highest BCUT2D eigenvalue weighted by atomic mass is 16.5. The quantitative estimate of drug-likeness (QED) is 0.570. The highest BCUT2D eigenvalue weighted by Crippen LogP contribution is 2.34. The first-order valence-corrected chi connectivity index (χ1v) is 12.0. The summed E-state index contributed by atoms with van der Waals surface area (Å²) in [6.07, 6.45) is 5.09. The monoisotopic (exact) mass is 444 g/mol. The van der Waals surface area contributed by atoms with Crippen LogP contribution >= 0.6 is 0 Å². The van der Waals surface area contributed by atoms with E-state index >= 15 is 0 Å². The largest absolute Gasteiger partial charge is 0.476 e. The molecule has 3 N–H and O–H groups in total. The van der Waals surface area contributed by atoms with Crippen LogP contribution in [0.1, 0.15) is 36.3 Å². The summed E-state index contributed by atoms with van der Waals surface area (Å²) in [5, 5.41) is 3.41. The van der Waals surface area contributed by atoms with Gasteiger partial charge in [-0.2, -0.15) is 0 Å². The molecule has 5 rings (SSSR count). The average molecular weight is 445 g/mol. The Hall–Kier alpha value is -2.80. The van der Waals surface area contributed by atoms with Gasteiger partial charge >= 0.3 is 0 Å². The highest BCUT2D eigenvalue weighted by Gasteiger charge is 2.20. The predicted molar refractivity (Wildman–Crippen MR) is 130 cm³/mol. The smallest absolute Gasteiger partial charge is 0.232 e. The Balaban J connectivity index is 1.48. The molecule has 0 spiro atoms. The summed E-state index contributed by atoms with van der Waals surface area (Å²) in [6.45, 7) is 4.92. The Kier molecular flexibility index (Phi) is 6.95. The summed E-state index contributed by atoms with van der Waals surface area (Å²) >= 11 is 0. The zero-order valence-corrected chi connectivity index (χ0v) is 19.0. The first-order chi connectivity index (χ1) is 16.3. The van der Waals surface area contributed by atoms with Gasteiger partial charge in [0.1, 0.15) is 5.69 Å². The number of nitrogens with two attached hydrogens (primary N) is 1. The number of hydrogen-bond donors (Lipinski definition) is 2. The van der Waals surface area contributed by atoms with Crippen LogP contribution in [0.25, 0.3) is 22.5 Å². The maximum absolute atomic E-state index is 6.13. The molecule has 0 amide bonds. The fourth-order valence-electron chi connectivity index (χ4n) is 4.64. The Morgan fingerprint density at radius 1 is 1.00 bits per heavy atom. The summed E-state index contributed by atoms with van der Waals surface area (Å²) in [4.78, 5) is 9.77. The lowest BCUT2D eigenvalue weighted by Gasteiger charge is -2.22. The van der Waals surface area contributed by atoms with Crippen LogP contribution in [0.4, 0.5) is 0 Å². The Bertz CT molecular complexity index is 1060. The Morgan fingerprint density at radius 3 is 2.61 bits per heavy atom. The van der Waals surface area contributed by atoms with Crippen LogP contribution in [-0.2, 0) is 11.3 Å². The Labute approximate surface area is 195 Å². The van der Waals surface area contributed by atoms with Crippen molar-refractivity contribution in [3.05, 3.63) is 65.9 Å². The van der Waals surface area contributed by atoms with Gasteiger partial charge in [0.25, 0.3) is 0 Å². The lowest BCUT2D eigenvalue weighted by Crippen LogP contribution is -2.30. The van der Waals surface area contributed by atoms with Crippen LogP contribution in [0.15, 0.2) is 54.7 Å². The molecular weight excluding hydrogens is 412 g/mol. The summed E-state index contributed by atoms with van der Waals surface area (Å²) in [7, 11) is 0. The number of rotatable bonds is 7. The van der Waals surface area contributed by atoms with Gasteiger partial charge < -0.3 is 20.5 Å². The van der Waals surface area contributed by atoms with Crippen molar-refractivity contribution < 1.29 is 9.47 Å². The molecule has 1 unspecified atom stereocenters. The van der Waals surface area contributed by atoms with Gasteiger partial charge in [0.05, 0.1) is 25.1 Å². The third-order valence-electron chi connectivity index (χ3n) is 6.70. The van der Waals surface area contributed by atoms with E-state index in [1.54, 1.807) is 6.20 Å². The van der Waals surface area contributed by atoms with Gasteiger partial charge in [-0.15, -0.1) is 0 Å². The van der Waals surface area contributed by atoms with E-state index in [2.05, 4.69) is 53.8 Å². The first-order valence-electron chi connectivity index (χ1n) is 12.0. The van der Waals surface area contributed by atoms with E-state index in [4.69, 9.17) is 25.2 Å². The lowest BCUT2D eigenvalue weighted by atomic mass is 9.94. The van der Waals surface area contributed by atoms with Gasteiger partial charge in [-0.05, 0) is 55.5 Å². The van der Waals surface area contributed by atoms with Crippen molar-refractivity contribution in [1.29, 1.82) is 0 Å². The maximum atomic E-state index is 6.13. The van der Waals surface area contributed by atoms with Crippen LogP contribution in [0.5, 0.6) is 5.88 Å². The minimum Gasteiger partial charge on any atom is -0.476 e. The van der Waals surface area contributed by atoms with Gasteiger partial charge in [0.2, 0.25) is 5.88 Å². The standard InChI is InChI=1S/C27H32N4O2/c28-15-19-4-6-21(7-5-19)26-27(23-3-1-2-22(14-23)24-10-13-32-18-24)31-25(16-30-26)33-17-20-8-11-29-12-9-20/h1-7,14,16,20,24,29H,8-13,15,17-18,28H2. The topological polar surface area (TPSA) is 82.3 Å². The lowest BCUT2D eigenvalue weighted by molar-refractivity contribution is 0.194. The van der Waals surface area contributed by atoms with E-state index in [1.165, 1.54) is 5.56 Å². The molecule has 3 aromatic rings. The predicted octanol–water partition coefficient (Wildman–Crippen LogP) is 4.15. The number of piperidine rings is 1. The van der Waals surface area contributed by atoms with Gasteiger partial charge in [-0.25, -0.2) is 9.97 Å². The number of nitrogens with zero attached hydrogens (tertiary/aromatic N) is 2. The van der Waals surface area contributed by atoms with Crippen molar-refractivity contribution >= 4 is 0 Å². The van der Waals surface area contributed by atoms with Crippen molar-refractivity contribution in [1.82, 2.24) is 15.3 Å². The molecule has 2 fully saturated rings. The second-order valence-electron chi connectivity index (χ2n) is 9.00. The third kappa shape index (κ3) is 5.24. The zero-order valence-electron chi connectivity index (χ0n) is 19.0. The van der Waals surface area contributed by atoms with E-state index in [1.807, 2.05) is 0 Å². The molecule has 172 valence electrons. The van der Waals surface area contributed by atoms with E-state index in [9.17, 15) is 0 Å². The van der Waals surface area contributed by atoms with Crippen molar-refractivity contribution in [2.24, 2.45) is 11.7 Å². The molecule has 33 heavy (non-hydrogen) atoms. The third-order valence-corrected chi connectivity index (χ3v) is 6.70. The summed E-state index contributed by atoms with van der Waals surface area (Å²) < 4.78 is 11.7. The number of ether oxygens (including phenoxy) is 2. The van der Waals surface area contributed by atoms with Gasteiger partial charge in [0.15, 0.2) is 0 Å². The van der Waals surface area contributed by atoms with Crippen LogP contribution in [-0.4, -0.2) is 42.9 Å². The van der Waals surface area contributed by atoms with Crippen LogP contribution < -0.4 is 15.8 Å². The SMILES string of the molecule is NCc1ccc(-c2ncc(OCC3CCNCC3)nc2-c2cccc(C3CCOC3)c2)cc1. The first kappa shape index (κ1) is 22.0. The van der Waals surface area contributed by atoms with E-state index in [0.29, 0.717) is 30.9 Å². The van der Waals surface area contributed by atoms with Crippen LogP contribution in [0, 0.1) is 5.92 Å². The Morgan fingerprint density at radius 2 is 1.85 bits per heavy atom. The van der Waals surface area contributed by atoms with Crippen molar-refractivity contribution in [3.8, 4) is 28.4 Å². The van der Waals surface area contributed by atoms with E-state index < -0.39 is 0 Å². The minimum atomic E-state index is 0.435. The fraction of sp³-hybridized carbons (Fsp3) is 0.407. The second-order valence-corrected chi connectivity index (χ2v) is 9.00. The summed E-state index contributed by atoms with van der Waals surface area (Å²) in [6, 6.07) is 16.9. The molecule has 2 aromatic carbocycles. The molecule has 0 radical (unpaired) electrons. The molecule has 6 nitrogen and oxygen atoms in total. The van der Waals surface area contributed by atoms with Crippen molar-refractivity contribution in [2.75, 3.05) is 32.9 Å². The van der Waals surface area contributed by atoms with Crippen LogP contribution in [0.2, 0.25) is 0 Å². The molecule has 3 heterocycles. The number of benzene rings is 2. The number of nitrogens with one attached hydrogen (secondary N) is 1. The zero-order chi connectivity index (χ0) is 22.5. The van der Waals surface area contributed by atoms with Crippen molar-refractivity contribution in [3.63, 3.8) is 0 Å². The van der Waals surface area contributed by atoms with E-state index in [0.717, 1.165) is 73.6 Å². The normalized spacial score (nSPS) is 19.0. The molecule has 6 heteroatoms. The average Bonchev–Trinajstić information content (AvgIpc) is 3.43. The van der Waals surface area contributed by atoms with Gasteiger partial charge in [-0.1, -0.05) is 42.5 Å². The molecule has 2 aliphatic heterocycles. The summed E-state index contributed by atoms with van der Waals surface area (Å²) in [5.74, 6) is 1.58. The molecule has 0 bridgehead atoms. The minimum absolute atomic E-state index is 0.435. The number of aromatic nitrogens is 2. The number of hydrogen-bond acceptors (Lipinski definition) is 6. The van der Waals surface area contributed by atoms with Gasteiger partial charge in [-0.3, -0.25) is 0 Å². The second kappa shape index (κ2) is 10.4. The fourth-order valence-corrected chi connectivity index (χ4v) is 4.64. The molecule has 1 aromatic heterocycles. The van der Waals surface area contributed by atoms with Crippen molar-refractivity contribution in [2.45, 2.75) is 31.7 Å². The molecule has 0 aliphatic carbocycles. The van der Waals surface area contributed by atoms with Crippen LogP contribution in [0.3, 0.4) is 0 Å². The van der Waals surface area contributed by atoms with E-state index in [-0.39, 0.29) is 0 Å². The van der Waals surface area contributed by atoms with Gasteiger partial charge in [0, 0.05) is 30.2 Å². The molecule has 1 atom stereocenters. The summed E-state index contributed by atoms with van der Waals surface area (Å²) in [5.41, 5.74) is 12.0. The highest BCUT2D eigenvalue weighted by molar-refractivity contribution is 5.78.